The number of benzene rings is 2. The van der Waals surface area contributed by atoms with Crippen LogP contribution in [0.4, 0.5) is 0 Å². The van der Waals surface area contributed by atoms with Crippen LogP contribution in [0.2, 0.25) is 0 Å². The second kappa shape index (κ2) is 12.1. The highest BCUT2D eigenvalue weighted by atomic mass is 16.7. The lowest BCUT2D eigenvalue weighted by Crippen LogP contribution is -2.60. The maximum Gasteiger partial charge on any atom is 0.229 e. The number of methoxy groups -OCH3 is 1. The highest BCUT2D eigenvalue weighted by Gasteiger charge is 2.45. The van der Waals surface area contributed by atoms with Gasteiger partial charge in [-0.3, -0.25) is 4.79 Å². The summed E-state index contributed by atoms with van der Waals surface area (Å²) < 4.78 is 22.8. The van der Waals surface area contributed by atoms with Crippen molar-refractivity contribution in [3.05, 3.63) is 56.8 Å². The first kappa shape index (κ1) is 30.4. The minimum absolute atomic E-state index is 0.0261. The largest absolute Gasteiger partial charge is 0.507 e. The van der Waals surface area contributed by atoms with Crippen LogP contribution in [-0.2, 0) is 17.6 Å². The minimum atomic E-state index is -1.70. The van der Waals surface area contributed by atoms with Crippen LogP contribution in [0.15, 0.2) is 44.6 Å². The van der Waals surface area contributed by atoms with Gasteiger partial charge < -0.3 is 49.3 Å². The fraction of sp³-hybridized carbons (Fsp3) is 0.433. The number of rotatable bonds is 8. The minimum Gasteiger partial charge on any atom is -0.507 e. The van der Waals surface area contributed by atoms with Crippen LogP contribution in [0.1, 0.15) is 38.8 Å². The number of hydrogen-bond acceptors (Lipinski definition) is 11. The Balaban J connectivity index is 1.98. The molecule has 1 fully saturated rings. The molecule has 0 spiro atoms. The van der Waals surface area contributed by atoms with Crippen molar-refractivity contribution in [2.45, 2.75) is 71.2 Å². The number of phenols is 2. The van der Waals surface area contributed by atoms with Crippen molar-refractivity contribution in [1.29, 1.82) is 0 Å². The smallest absolute Gasteiger partial charge is 0.229 e. The molecule has 41 heavy (non-hydrogen) atoms. The van der Waals surface area contributed by atoms with E-state index in [1.165, 1.54) is 19.2 Å². The van der Waals surface area contributed by atoms with Crippen molar-refractivity contribution in [3.8, 4) is 23.0 Å². The van der Waals surface area contributed by atoms with Gasteiger partial charge in [0.25, 0.3) is 0 Å². The molecule has 0 saturated carbocycles. The lowest BCUT2D eigenvalue weighted by atomic mass is 9.98. The molecule has 2 aromatic carbocycles. The fourth-order valence-electron chi connectivity index (χ4n) is 4.84. The number of hydrogen-bond donors (Lipinski definition) is 6. The van der Waals surface area contributed by atoms with Crippen molar-refractivity contribution in [2.24, 2.45) is 0 Å². The number of phenolic OH excluding ortho intramolecular Hbond substituents is 2. The molecule has 1 aliphatic rings. The van der Waals surface area contributed by atoms with Gasteiger partial charge in [-0.25, -0.2) is 0 Å². The second-order valence-corrected chi connectivity index (χ2v) is 10.6. The predicted octanol–water partition coefficient (Wildman–Crippen LogP) is 2.56. The van der Waals surface area contributed by atoms with Gasteiger partial charge in [0.05, 0.1) is 19.1 Å². The number of allylic oxidation sites excluding steroid dienone is 4. The molecular formula is C30H36O11. The summed E-state index contributed by atoms with van der Waals surface area (Å²) >= 11 is 0. The van der Waals surface area contributed by atoms with Crippen LogP contribution in [0.5, 0.6) is 23.0 Å². The number of ether oxygens (including phenoxy) is 3. The van der Waals surface area contributed by atoms with E-state index in [1.807, 2.05) is 33.8 Å². The van der Waals surface area contributed by atoms with Crippen molar-refractivity contribution < 1.29 is 49.3 Å². The molecule has 2 heterocycles. The van der Waals surface area contributed by atoms with E-state index < -0.39 is 48.5 Å². The van der Waals surface area contributed by atoms with Crippen molar-refractivity contribution >= 4 is 21.9 Å². The van der Waals surface area contributed by atoms with E-state index in [2.05, 4.69) is 0 Å². The summed E-state index contributed by atoms with van der Waals surface area (Å²) in [7, 11) is 1.38. The molecule has 1 saturated heterocycles. The molecule has 0 radical (unpaired) electrons. The van der Waals surface area contributed by atoms with Crippen LogP contribution in [0, 0.1) is 0 Å². The van der Waals surface area contributed by atoms with Gasteiger partial charge in [-0.1, -0.05) is 23.3 Å². The molecule has 11 nitrogen and oxygen atoms in total. The third-order valence-corrected chi connectivity index (χ3v) is 7.05. The molecule has 6 N–H and O–H groups in total. The standard InChI is InChI=1S/C30H36O11/c1-13(2)6-8-15-18(40-30-28(37)27(36)25(34)21(12-31)41-30)11-20-23(24(15)33)26(35)22-16(9-7-14(3)4)29(38-5)17(32)10-19(22)39-20/h6-7,10-11,21,25,27-28,30-34,36-37H,8-9,12H2,1-5H3/t21-,25+,27?,28?,30-/m0/s1. The van der Waals surface area contributed by atoms with Crippen molar-refractivity contribution in [1.82, 2.24) is 0 Å². The van der Waals surface area contributed by atoms with Gasteiger partial charge in [0, 0.05) is 23.3 Å². The van der Waals surface area contributed by atoms with E-state index in [-0.39, 0.29) is 57.6 Å². The van der Waals surface area contributed by atoms with Gasteiger partial charge >= 0.3 is 0 Å². The zero-order valence-corrected chi connectivity index (χ0v) is 23.5. The highest BCUT2D eigenvalue weighted by molar-refractivity contribution is 5.97. The maximum absolute atomic E-state index is 14.0. The molecule has 3 aromatic rings. The third-order valence-electron chi connectivity index (χ3n) is 7.05. The third kappa shape index (κ3) is 5.77. The van der Waals surface area contributed by atoms with Crippen molar-refractivity contribution in [2.75, 3.05) is 13.7 Å². The monoisotopic (exact) mass is 572 g/mol. The van der Waals surface area contributed by atoms with E-state index >= 15 is 0 Å². The Labute approximate surface area is 236 Å². The quantitative estimate of drug-likeness (QED) is 0.173. The summed E-state index contributed by atoms with van der Waals surface area (Å²) in [6.07, 6.45) is -3.67. The molecular weight excluding hydrogens is 536 g/mol. The Morgan fingerprint density at radius 3 is 2.10 bits per heavy atom. The van der Waals surface area contributed by atoms with Crippen LogP contribution in [0.25, 0.3) is 21.9 Å². The van der Waals surface area contributed by atoms with Gasteiger partial charge in [0.1, 0.15) is 52.5 Å². The molecule has 2 unspecified atom stereocenters. The van der Waals surface area contributed by atoms with Crippen LogP contribution in [-0.4, -0.2) is 75.1 Å². The van der Waals surface area contributed by atoms with E-state index in [1.54, 1.807) is 6.08 Å². The van der Waals surface area contributed by atoms with Crippen LogP contribution >= 0.6 is 0 Å². The van der Waals surface area contributed by atoms with Crippen molar-refractivity contribution in [3.63, 3.8) is 0 Å². The van der Waals surface area contributed by atoms with E-state index in [0.29, 0.717) is 5.56 Å². The number of fused-ring (bicyclic) bond motifs is 2. The average molecular weight is 573 g/mol. The first-order valence-electron chi connectivity index (χ1n) is 13.2. The van der Waals surface area contributed by atoms with Crippen LogP contribution < -0.4 is 14.9 Å². The fourth-order valence-corrected chi connectivity index (χ4v) is 4.84. The molecule has 0 amide bonds. The van der Waals surface area contributed by atoms with E-state index in [0.717, 1.165) is 11.1 Å². The molecule has 1 aromatic heterocycles. The topological polar surface area (TPSA) is 179 Å². The molecule has 0 aliphatic carbocycles. The summed E-state index contributed by atoms with van der Waals surface area (Å²) in [5.74, 6) is -0.562. The molecule has 1 aliphatic heterocycles. The summed E-state index contributed by atoms with van der Waals surface area (Å²) in [5.41, 5.74) is 1.90. The SMILES string of the molecule is COc1c(O)cc2oc3cc(O[C@H]4O[C@@H](CO)[C@@H](O)C(O)C4O)c(CC=C(C)C)c(O)c3c(=O)c2c1CC=C(C)C. The zero-order valence-electron chi connectivity index (χ0n) is 23.5. The number of aliphatic hydroxyl groups excluding tert-OH is 4. The Morgan fingerprint density at radius 1 is 0.902 bits per heavy atom. The molecule has 5 atom stereocenters. The van der Waals surface area contributed by atoms with Gasteiger partial charge in [-0.15, -0.1) is 0 Å². The lowest BCUT2D eigenvalue weighted by Gasteiger charge is -2.39. The molecule has 0 bridgehead atoms. The Kier molecular flexibility index (Phi) is 8.95. The molecule has 4 rings (SSSR count). The summed E-state index contributed by atoms with van der Waals surface area (Å²) in [6, 6.07) is 2.61. The number of aromatic hydroxyl groups is 2. The Morgan fingerprint density at radius 2 is 1.51 bits per heavy atom. The molecule has 222 valence electrons. The second-order valence-electron chi connectivity index (χ2n) is 10.6. The summed E-state index contributed by atoms with van der Waals surface area (Å²) in [6.45, 7) is 6.85. The van der Waals surface area contributed by atoms with Gasteiger partial charge in [0.2, 0.25) is 11.7 Å². The lowest BCUT2D eigenvalue weighted by molar-refractivity contribution is -0.277. The first-order valence-corrected chi connectivity index (χ1v) is 13.2. The Hall–Kier alpha value is -3.61. The zero-order chi connectivity index (χ0) is 30.2. The van der Waals surface area contributed by atoms with Crippen LogP contribution in [0.3, 0.4) is 0 Å². The molecule has 11 heteroatoms. The van der Waals surface area contributed by atoms with E-state index in [4.69, 9.17) is 18.6 Å². The predicted molar refractivity (Wildman–Crippen MR) is 151 cm³/mol. The van der Waals surface area contributed by atoms with Gasteiger partial charge in [-0.05, 0) is 40.5 Å². The highest BCUT2D eigenvalue weighted by Crippen LogP contribution is 2.41. The average Bonchev–Trinajstić information content (AvgIpc) is 2.91. The first-order chi connectivity index (χ1) is 19.4. The van der Waals surface area contributed by atoms with Gasteiger partial charge in [0.15, 0.2) is 11.5 Å². The van der Waals surface area contributed by atoms with Gasteiger partial charge in [-0.2, -0.15) is 0 Å². The number of aliphatic hydroxyl groups is 4. The summed E-state index contributed by atoms with van der Waals surface area (Å²) in [4.78, 5) is 14.0. The van der Waals surface area contributed by atoms with E-state index in [9.17, 15) is 35.4 Å². The maximum atomic E-state index is 14.0. The Bertz CT molecular complexity index is 1560. The normalized spacial score (nSPS) is 22.5. The summed E-state index contributed by atoms with van der Waals surface area (Å²) in [5, 5.41) is 62.5.